The standard InChI is InChI=1S/C11H22O2S4Se/c1-8(12-14)5-16-10-3-4-18-7-11(10)17-6-9(2)13-15/h8-11,14-15H,3-7H2,1-2H3. The average molecular weight is 394 g/mol. The molecule has 1 fully saturated rings. The molecule has 0 aromatic carbocycles. The van der Waals surface area contributed by atoms with E-state index in [2.05, 4.69) is 63.2 Å². The fourth-order valence-corrected chi connectivity index (χ4v) is 8.58. The number of thiol groups is 2. The van der Waals surface area contributed by atoms with Crippen molar-refractivity contribution in [2.75, 3.05) is 11.5 Å². The molecule has 0 spiro atoms. The van der Waals surface area contributed by atoms with Crippen LogP contribution in [-0.4, -0.2) is 49.2 Å². The van der Waals surface area contributed by atoms with Crippen LogP contribution in [0.2, 0.25) is 10.6 Å². The molecule has 0 N–H and O–H groups in total. The maximum atomic E-state index is 5.03. The van der Waals surface area contributed by atoms with Crippen LogP contribution in [0.4, 0.5) is 0 Å². The Morgan fingerprint density at radius 1 is 1.11 bits per heavy atom. The van der Waals surface area contributed by atoms with Crippen LogP contribution in [0.25, 0.3) is 0 Å². The van der Waals surface area contributed by atoms with Crippen molar-refractivity contribution >= 4 is 64.3 Å². The zero-order valence-corrected chi connectivity index (χ0v) is 15.9. The van der Waals surface area contributed by atoms with E-state index in [-0.39, 0.29) is 12.2 Å². The van der Waals surface area contributed by atoms with Gasteiger partial charge in [0.05, 0.1) is 0 Å². The van der Waals surface area contributed by atoms with Crippen molar-refractivity contribution in [3.63, 3.8) is 0 Å². The van der Waals surface area contributed by atoms with Gasteiger partial charge in [-0.05, 0) is 0 Å². The van der Waals surface area contributed by atoms with Gasteiger partial charge in [-0.15, -0.1) is 0 Å². The summed E-state index contributed by atoms with van der Waals surface area (Å²) >= 11 is 12.7. The van der Waals surface area contributed by atoms with Crippen LogP contribution in [0, 0.1) is 0 Å². The molecule has 0 bridgehead atoms. The van der Waals surface area contributed by atoms with Gasteiger partial charge in [0.2, 0.25) is 0 Å². The van der Waals surface area contributed by atoms with Crippen molar-refractivity contribution in [2.24, 2.45) is 0 Å². The third-order valence-corrected chi connectivity index (χ3v) is 9.65. The Morgan fingerprint density at radius 3 is 2.22 bits per heavy atom. The van der Waals surface area contributed by atoms with Gasteiger partial charge in [-0.25, -0.2) is 0 Å². The van der Waals surface area contributed by atoms with E-state index in [9.17, 15) is 0 Å². The van der Waals surface area contributed by atoms with Crippen molar-refractivity contribution in [3.8, 4) is 0 Å². The van der Waals surface area contributed by atoms with E-state index in [1.54, 1.807) is 0 Å². The fraction of sp³-hybridized carbons (Fsp3) is 1.00. The Morgan fingerprint density at radius 2 is 1.67 bits per heavy atom. The summed E-state index contributed by atoms with van der Waals surface area (Å²) in [4.78, 5) is 0. The molecule has 0 amide bonds. The van der Waals surface area contributed by atoms with Gasteiger partial charge in [0.25, 0.3) is 0 Å². The molecule has 0 aromatic heterocycles. The minimum atomic E-state index is 0.233. The molecule has 0 radical (unpaired) electrons. The fourth-order valence-electron chi connectivity index (χ4n) is 1.62. The quantitative estimate of drug-likeness (QED) is 0.372. The summed E-state index contributed by atoms with van der Waals surface area (Å²) in [5.74, 6) is 2.08. The molecular weight excluding hydrogens is 371 g/mol. The zero-order chi connectivity index (χ0) is 13.4. The minimum absolute atomic E-state index is 0.233. The molecule has 4 unspecified atom stereocenters. The molecule has 1 aliphatic heterocycles. The van der Waals surface area contributed by atoms with Gasteiger partial charge in [-0.1, -0.05) is 0 Å². The van der Waals surface area contributed by atoms with Crippen LogP contribution >= 0.6 is 49.3 Å². The second-order valence-corrected chi connectivity index (χ2v) is 9.82. The van der Waals surface area contributed by atoms with Crippen LogP contribution < -0.4 is 0 Å². The molecule has 4 atom stereocenters. The molecule has 1 saturated heterocycles. The van der Waals surface area contributed by atoms with Crippen molar-refractivity contribution in [2.45, 2.75) is 53.6 Å². The summed E-state index contributed by atoms with van der Waals surface area (Å²) in [6.07, 6.45) is 1.83. The van der Waals surface area contributed by atoms with Crippen molar-refractivity contribution in [1.82, 2.24) is 0 Å². The van der Waals surface area contributed by atoms with Gasteiger partial charge in [-0.2, -0.15) is 0 Å². The van der Waals surface area contributed by atoms with Crippen LogP contribution in [0.3, 0.4) is 0 Å². The topological polar surface area (TPSA) is 18.5 Å². The van der Waals surface area contributed by atoms with Gasteiger partial charge in [-0.3, -0.25) is 0 Å². The summed E-state index contributed by atoms with van der Waals surface area (Å²) in [5, 5.41) is 4.37. The Labute approximate surface area is 137 Å². The van der Waals surface area contributed by atoms with E-state index in [1.165, 1.54) is 17.1 Å². The predicted molar refractivity (Wildman–Crippen MR) is 91.5 cm³/mol. The maximum absolute atomic E-state index is 5.03. The Hall–Kier alpha value is 1.84. The van der Waals surface area contributed by atoms with E-state index in [1.807, 2.05) is 0 Å². The van der Waals surface area contributed by atoms with E-state index in [4.69, 9.17) is 8.37 Å². The van der Waals surface area contributed by atoms with Crippen LogP contribution in [0.1, 0.15) is 20.3 Å². The molecule has 1 heterocycles. The number of hydrogen-bond acceptors (Lipinski definition) is 6. The summed E-state index contributed by atoms with van der Waals surface area (Å²) in [6, 6.07) is 0. The van der Waals surface area contributed by atoms with E-state index in [0.29, 0.717) is 0 Å². The van der Waals surface area contributed by atoms with E-state index < -0.39 is 0 Å². The van der Waals surface area contributed by atoms with E-state index in [0.717, 1.165) is 37.0 Å². The van der Waals surface area contributed by atoms with Crippen LogP contribution in [0.15, 0.2) is 0 Å². The third kappa shape index (κ3) is 7.02. The molecule has 1 aliphatic rings. The van der Waals surface area contributed by atoms with Gasteiger partial charge < -0.3 is 0 Å². The first-order chi connectivity index (χ1) is 8.67. The molecular formula is C11H22O2S4Se. The molecule has 0 aliphatic carbocycles. The molecule has 7 heteroatoms. The van der Waals surface area contributed by atoms with Crippen LogP contribution in [0.5, 0.6) is 0 Å². The van der Waals surface area contributed by atoms with E-state index >= 15 is 0 Å². The second-order valence-electron chi connectivity index (χ2n) is 4.44. The van der Waals surface area contributed by atoms with Crippen LogP contribution in [-0.2, 0) is 8.37 Å². The predicted octanol–water partition coefficient (Wildman–Crippen LogP) is 3.63. The molecule has 0 aromatic rings. The second kappa shape index (κ2) is 10.5. The van der Waals surface area contributed by atoms with Gasteiger partial charge in [0, 0.05) is 0 Å². The van der Waals surface area contributed by atoms with Crippen molar-refractivity contribution in [3.05, 3.63) is 0 Å². The summed E-state index contributed by atoms with van der Waals surface area (Å²) < 4.78 is 10.1. The van der Waals surface area contributed by atoms with Gasteiger partial charge in [0.1, 0.15) is 0 Å². The molecule has 18 heavy (non-hydrogen) atoms. The monoisotopic (exact) mass is 394 g/mol. The summed E-state index contributed by atoms with van der Waals surface area (Å²) in [7, 11) is 0. The Kier molecular flexibility index (Phi) is 10.5. The molecule has 0 saturated carbocycles. The first-order valence-corrected chi connectivity index (χ1v) is 11.3. The molecule has 2 nitrogen and oxygen atoms in total. The number of thioether (sulfide) groups is 2. The number of hydrogen-bond donors (Lipinski definition) is 2. The zero-order valence-electron chi connectivity index (χ0n) is 10.8. The molecule has 108 valence electrons. The third-order valence-electron chi connectivity index (χ3n) is 2.69. The Balaban J connectivity index is 2.32. The first kappa shape index (κ1) is 17.9. The van der Waals surface area contributed by atoms with Crippen molar-refractivity contribution in [1.29, 1.82) is 0 Å². The normalized spacial score (nSPS) is 28.0. The summed E-state index contributed by atoms with van der Waals surface area (Å²) in [6.45, 7) is 4.15. The summed E-state index contributed by atoms with van der Waals surface area (Å²) in [5.41, 5.74) is 0. The van der Waals surface area contributed by atoms with Crippen molar-refractivity contribution < 1.29 is 8.37 Å². The number of rotatable bonds is 8. The average Bonchev–Trinajstić information content (AvgIpc) is 2.42. The van der Waals surface area contributed by atoms with Gasteiger partial charge >= 0.3 is 138 Å². The molecule has 1 rings (SSSR count). The SMILES string of the molecule is CC(CSC1CC[Se]CC1SCC(C)OS)OS. The Bertz CT molecular complexity index is 201. The van der Waals surface area contributed by atoms with Gasteiger partial charge in [0.15, 0.2) is 0 Å². The first-order valence-electron chi connectivity index (χ1n) is 6.08.